The van der Waals surface area contributed by atoms with Crippen molar-refractivity contribution in [2.24, 2.45) is 5.10 Å². The zero-order valence-corrected chi connectivity index (χ0v) is 18.0. The van der Waals surface area contributed by atoms with Crippen LogP contribution in [-0.4, -0.2) is 35.1 Å². The molecule has 0 radical (unpaired) electrons. The number of aromatic nitrogens is 2. The third-order valence-corrected chi connectivity index (χ3v) is 4.47. The highest BCUT2D eigenvalue weighted by atomic mass is 16.5. The van der Waals surface area contributed by atoms with Crippen molar-refractivity contribution >= 4 is 12.1 Å². The highest BCUT2D eigenvalue weighted by Gasteiger charge is 2.14. The number of nitrogens with one attached hydrogen (secondary N) is 1. The largest absolute Gasteiger partial charge is 0.493 e. The van der Waals surface area contributed by atoms with Crippen LogP contribution in [0.2, 0.25) is 0 Å². The van der Waals surface area contributed by atoms with Gasteiger partial charge in [0.15, 0.2) is 17.3 Å². The Morgan fingerprint density at radius 1 is 1.20 bits per heavy atom. The molecule has 0 fully saturated rings. The summed E-state index contributed by atoms with van der Waals surface area (Å²) < 4.78 is 18.1. The summed E-state index contributed by atoms with van der Waals surface area (Å²) in [5.41, 5.74) is 5.76. The van der Waals surface area contributed by atoms with Gasteiger partial charge in [-0.1, -0.05) is 5.16 Å². The van der Waals surface area contributed by atoms with Gasteiger partial charge >= 0.3 is 0 Å². The maximum atomic E-state index is 12.5. The summed E-state index contributed by atoms with van der Waals surface area (Å²) in [7, 11) is 1.54. The first-order valence-electron chi connectivity index (χ1n) is 9.61. The number of carbonyl (C=O) groups excluding carboxylic acids is 1. The highest BCUT2D eigenvalue weighted by Crippen LogP contribution is 2.29. The molecule has 2 aromatic heterocycles. The summed E-state index contributed by atoms with van der Waals surface area (Å²) in [4.78, 5) is 12.5. The number of methoxy groups -OCH3 is 1. The first-order valence-corrected chi connectivity index (χ1v) is 9.61. The third kappa shape index (κ3) is 4.53. The van der Waals surface area contributed by atoms with Gasteiger partial charge in [-0.05, 0) is 58.9 Å². The van der Waals surface area contributed by atoms with Crippen molar-refractivity contribution in [3.63, 3.8) is 0 Å². The highest BCUT2D eigenvalue weighted by molar-refractivity contribution is 5.95. The molecule has 3 aromatic rings. The maximum Gasteiger partial charge on any atom is 0.271 e. The van der Waals surface area contributed by atoms with Gasteiger partial charge in [0.1, 0.15) is 5.76 Å². The van der Waals surface area contributed by atoms with E-state index in [1.165, 1.54) is 7.11 Å². The zero-order valence-electron chi connectivity index (χ0n) is 18.0. The molecule has 0 saturated heterocycles. The van der Waals surface area contributed by atoms with E-state index in [1.54, 1.807) is 24.4 Å². The fourth-order valence-electron chi connectivity index (χ4n) is 3.11. The van der Waals surface area contributed by atoms with Gasteiger partial charge in [0.2, 0.25) is 0 Å². The normalized spacial score (nSPS) is 11.3. The van der Waals surface area contributed by atoms with Crippen LogP contribution >= 0.6 is 0 Å². The molecule has 8 heteroatoms. The molecule has 0 bridgehead atoms. The van der Waals surface area contributed by atoms with Crippen molar-refractivity contribution in [1.29, 1.82) is 0 Å². The van der Waals surface area contributed by atoms with E-state index in [0.29, 0.717) is 22.9 Å². The molecule has 0 unspecified atom stereocenters. The minimum atomic E-state index is -0.346. The SMILES string of the molecule is COc1cc(C(=O)N/N=C\c2cc(C)n(-c3cc(C)on3)c2C)ccc1OC(C)C. The molecule has 0 saturated carbocycles. The van der Waals surface area contributed by atoms with Gasteiger partial charge in [0.05, 0.1) is 19.4 Å². The Hall–Kier alpha value is -3.55. The Balaban J connectivity index is 1.73. The van der Waals surface area contributed by atoms with Crippen LogP contribution in [0.15, 0.2) is 40.0 Å². The monoisotopic (exact) mass is 410 g/mol. The minimum absolute atomic E-state index is 0.00310. The van der Waals surface area contributed by atoms with E-state index in [1.807, 2.05) is 51.3 Å². The Labute approximate surface area is 175 Å². The number of hydrazone groups is 1. The second-order valence-corrected chi connectivity index (χ2v) is 7.19. The van der Waals surface area contributed by atoms with Crippen molar-refractivity contribution in [2.45, 2.75) is 40.7 Å². The van der Waals surface area contributed by atoms with Crippen molar-refractivity contribution in [1.82, 2.24) is 15.1 Å². The van der Waals surface area contributed by atoms with E-state index in [4.69, 9.17) is 14.0 Å². The van der Waals surface area contributed by atoms with Crippen LogP contribution in [0, 0.1) is 20.8 Å². The summed E-state index contributed by atoms with van der Waals surface area (Å²) in [6, 6.07) is 8.84. The Kier molecular flexibility index (Phi) is 6.25. The zero-order chi connectivity index (χ0) is 21.8. The molecule has 158 valence electrons. The Bertz CT molecular complexity index is 1080. The summed E-state index contributed by atoms with van der Waals surface area (Å²) in [5, 5.41) is 8.17. The number of hydrogen-bond donors (Lipinski definition) is 1. The average Bonchev–Trinajstić information content (AvgIpc) is 3.23. The van der Waals surface area contributed by atoms with Gasteiger partial charge in [0.25, 0.3) is 5.91 Å². The number of benzene rings is 1. The van der Waals surface area contributed by atoms with Crippen LogP contribution in [0.3, 0.4) is 0 Å². The predicted molar refractivity (Wildman–Crippen MR) is 114 cm³/mol. The van der Waals surface area contributed by atoms with E-state index in [-0.39, 0.29) is 12.0 Å². The number of nitrogens with zero attached hydrogens (tertiary/aromatic N) is 3. The van der Waals surface area contributed by atoms with Gasteiger partial charge in [-0.2, -0.15) is 5.10 Å². The molecule has 0 aliphatic heterocycles. The van der Waals surface area contributed by atoms with Crippen LogP contribution in [0.5, 0.6) is 11.5 Å². The fraction of sp³-hybridized carbons (Fsp3) is 0.318. The third-order valence-electron chi connectivity index (χ3n) is 4.47. The molecule has 30 heavy (non-hydrogen) atoms. The summed E-state index contributed by atoms with van der Waals surface area (Å²) in [6.45, 7) is 9.63. The molecule has 1 aromatic carbocycles. The van der Waals surface area contributed by atoms with Crippen molar-refractivity contribution in [3.8, 4) is 17.3 Å². The lowest BCUT2D eigenvalue weighted by atomic mass is 10.2. The summed E-state index contributed by atoms with van der Waals surface area (Å²) >= 11 is 0. The number of aryl methyl sites for hydroxylation is 2. The van der Waals surface area contributed by atoms with Crippen LogP contribution in [0.4, 0.5) is 0 Å². The van der Waals surface area contributed by atoms with Crippen LogP contribution < -0.4 is 14.9 Å². The molecule has 1 amide bonds. The molecule has 0 spiro atoms. The molecule has 0 aliphatic carbocycles. The first kappa shape index (κ1) is 21.2. The fourth-order valence-corrected chi connectivity index (χ4v) is 3.11. The summed E-state index contributed by atoms with van der Waals surface area (Å²) in [5.74, 6) is 2.18. The molecule has 3 rings (SSSR count). The van der Waals surface area contributed by atoms with E-state index in [2.05, 4.69) is 15.7 Å². The average molecular weight is 410 g/mol. The molecule has 2 heterocycles. The number of ether oxygens (including phenoxy) is 2. The number of amides is 1. The first-order chi connectivity index (χ1) is 14.3. The Morgan fingerprint density at radius 3 is 2.60 bits per heavy atom. The van der Waals surface area contributed by atoms with E-state index in [9.17, 15) is 4.79 Å². The van der Waals surface area contributed by atoms with Gasteiger partial charge in [-0.25, -0.2) is 5.43 Å². The van der Waals surface area contributed by atoms with Gasteiger partial charge in [-0.3, -0.25) is 9.36 Å². The van der Waals surface area contributed by atoms with Gasteiger partial charge < -0.3 is 14.0 Å². The van der Waals surface area contributed by atoms with E-state index < -0.39 is 0 Å². The molecule has 0 aliphatic rings. The quantitative estimate of drug-likeness (QED) is 0.470. The van der Waals surface area contributed by atoms with Crippen LogP contribution in [0.25, 0.3) is 5.82 Å². The molecular formula is C22H26N4O4. The second-order valence-electron chi connectivity index (χ2n) is 7.19. The lowest BCUT2D eigenvalue weighted by molar-refractivity contribution is 0.0954. The lowest BCUT2D eigenvalue weighted by Crippen LogP contribution is -2.18. The van der Waals surface area contributed by atoms with Crippen LogP contribution in [-0.2, 0) is 0 Å². The van der Waals surface area contributed by atoms with Crippen molar-refractivity contribution in [2.75, 3.05) is 7.11 Å². The topological polar surface area (TPSA) is 90.9 Å². The van der Waals surface area contributed by atoms with Gasteiger partial charge in [0, 0.05) is 28.6 Å². The van der Waals surface area contributed by atoms with E-state index >= 15 is 0 Å². The number of carbonyl (C=O) groups is 1. The minimum Gasteiger partial charge on any atom is -0.493 e. The lowest BCUT2D eigenvalue weighted by Gasteiger charge is -2.14. The van der Waals surface area contributed by atoms with Crippen molar-refractivity contribution in [3.05, 3.63) is 58.6 Å². The van der Waals surface area contributed by atoms with Gasteiger partial charge in [-0.15, -0.1) is 0 Å². The number of hydrogen-bond acceptors (Lipinski definition) is 6. The molecular weight excluding hydrogens is 384 g/mol. The predicted octanol–water partition coefficient (Wildman–Crippen LogP) is 3.95. The standard InChI is InChI=1S/C22H26N4O4/c1-13(2)29-19-8-7-17(11-20(19)28-6)22(27)24-23-12-18-9-14(3)26(16(18)5)21-10-15(4)30-25-21/h7-13H,1-6H3,(H,24,27)/b23-12-. The number of rotatable bonds is 7. The smallest absolute Gasteiger partial charge is 0.271 e. The molecule has 1 N–H and O–H groups in total. The maximum absolute atomic E-state index is 12.5. The van der Waals surface area contributed by atoms with E-state index in [0.717, 1.165) is 22.7 Å². The van der Waals surface area contributed by atoms with Crippen molar-refractivity contribution < 1.29 is 18.8 Å². The molecule has 8 nitrogen and oxygen atoms in total. The molecule has 0 atom stereocenters. The summed E-state index contributed by atoms with van der Waals surface area (Å²) in [6.07, 6.45) is 1.61. The Morgan fingerprint density at radius 2 is 1.97 bits per heavy atom. The van der Waals surface area contributed by atoms with Crippen LogP contribution in [0.1, 0.15) is 46.9 Å². The second kappa shape index (κ2) is 8.86.